The third-order valence-corrected chi connectivity index (χ3v) is 5.08. The fourth-order valence-electron chi connectivity index (χ4n) is 3.56. The van der Waals surface area contributed by atoms with Crippen LogP contribution in [-0.4, -0.2) is 19.3 Å². The van der Waals surface area contributed by atoms with Gasteiger partial charge in [0.2, 0.25) is 0 Å². The standard InChI is InChI=1S/C19H28O2/c1-15-5-7-16(8-6-15)17-9-11-18(12-10-17)21-14-19-4-2-3-13-20-19/h9-12,15-16,19H,2-8,13-14H2,1H3. The molecule has 1 unspecified atom stereocenters. The summed E-state index contributed by atoms with van der Waals surface area (Å²) in [5.41, 5.74) is 1.49. The SMILES string of the molecule is CC1CCC(c2ccc(OCC3CCCCO3)cc2)CC1. The summed E-state index contributed by atoms with van der Waals surface area (Å²) in [5, 5.41) is 0. The van der Waals surface area contributed by atoms with Gasteiger partial charge in [-0.2, -0.15) is 0 Å². The van der Waals surface area contributed by atoms with Gasteiger partial charge < -0.3 is 9.47 Å². The van der Waals surface area contributed by atoms with Crippen molar-refractivity contribution in [2.45, 2.75) is 63.9 Å². The smallest absolute Gasteiger partial charge is 0.119 e. The predicted octanol–water partition coefficient (Wildman–Crippen LogP) is 4.93. The van der Waals surface area contributed by atoms with Gasteiger partial charge in [0.05, 0.1) is 6.10 Å². The minimum atomic E-state index is 0.290. The first kappa shape index (κ1) is 14.9. The van der Waals surface area contributed by atoms with E-state index in [1.54, 1.807) is 0 Å². The maximum absolute atomic E-state index is 5.88. The Morgan fingerprint density at radius 3 is 2.43 bits per heavy atom. The van der Waals surface area contributed by atoms with Crippen LogP contribution in [0.2, 0.25) is 0 Å². The van der Waals surface area contributed by atoms with Crippen LogP contribution in [0.4, 0.5) is 0 Å². The average molecular weight is 288 g/mol. The zero-order valence-corrected chi connectivity index (χ0v) is 13.2. The van der Waals surface area contributed by atoms with E-state index < -0.39 is 0 Å². The van der Waals surface area contributed by atoms with Crippen LogP contribution in [0.5, 0.6) is 5.75 Å². The molecule has 2 heteroatoms. The van der Waals surface area contributed by atoms with E-state index in [0.29, 0.717) is 12.7 Å². The molecule has 0 radical (unpaired) electrons. The van der Waals surface area contributed by atoms with Crippen LogP contribution in [-0.2, 0) is 4.74 Å². The molecule has 3 rings (SSSR count). The van der Waals surface area contributed by atoms with Crippen molar-refractivity contribution >= 4 is 0 Å². The third kappa shape index (κ3) is 4.23. The van der Waals surface area contributed by atoms with E-state index in [2.05, 4.69) is 31.2 Å². The number of ether oxygens (including phenoxy) is 2. The summed E-state index contributed by atoms with van der Waals surface area (Å²) in [5.74, 6) is 2.66. The Labute approximate surface area is 128 Å². The van der Waals surface area contributed by atoms with Crippen LogP contribution in [0.25, 0.3) is 0 Å². The van der Waals surface area contributed by atoms with E-state index in [-0.39, 0.29) is 0 Å². The maximum Gasteiger partial charge on any atom is 0.119 e. The fraction of sp³-hybridized carbons (Fsp3) is 0.684. The number of benzene rings is 1. The minimum Gasteiger partial charge on any atom is -0.491 e. The van der Waals surface area contributed by atoms with Gasteiger partial charge in [0.25, 0.3) is 0 Å². The molecule has 1 aliphatic carbocycles. The number of hydrogen-bond acceptors (Lipinski definition) is 2. The highest BCUT2D eigenvalue weighted by Crippen LogP contribution is 2.35. The van der Waals surface area contributed by atoms with Crippen LogP contribution >= 0.6 is 0 Å². The second-order valence-electron chi connectivity index (χ2n) is 6.83. The van der Waals surface area contributed by atoms with E-state index in [1.165, 1.54) is 44.1 Å². The number of hydrogen-bond donors (Lipinski definition) is 0. The van der Waals surface area contributed by atoms with Gasteiger partial charge in [0, 0.05) is 6.61 Å². The Kier molecular flexibility index (Phi) is 5.18. The van der Waals surface area contributed by atoms with Gasteiger partial charge in [0.15, 0.2) is 0 Å². The molecule has 1 aliphatic heterocycles. The average Bonchev–Trinajstić information content (AvgIpc) is 2.55. The molecule has 2 nitrogen and oxygen atoms in total. The molecule has 0 amide bonds. The van der Waals surface area contributed by atoms with Gasteiger partial charge in [-0.1, -0.05) is 31.9 Å². The lowest BCUT2D eigenvalue weighted by Gasteiger charge is -2.26. The molecule has 1 heterocycles. The lowest BCUT2D eigenvalue weighted by Crippen LogP contribution is -2.25. The Morgan fingerprint density at radius 2 is 1.76 bits per heavy atom. The molecule has 1 aromatic rings. The predicted molar refractivity (Wildman–Crippen MR) is 85.9 cm³/mol. The molecule has 2 aliphatic rings. The first-order valence-corrected chi connectivity index (χ1v) is 8.65. The van der Waals surface area contributed by atoms with Crippen LogP contribution in [0, 0.1) is 5.92 Å². The summed E-state index contributed by atoms with van der Waals surface area (Å²) in [7, 11) is 0. The zero-order valence-electron chi connectivity index (χ0n) is 13.2. The van der Waals surface area contributed by atoms with E-state index in [9.17, 15) is 0 Å². The van der Waals surface area contributed by atoms with Crippen molar-refractivity contribution in [2.24, 2.45) is 5.92 Å². The normalized spacial score (nSPS) is 30.0. The van der Waals surface area contributed by atoms with E-state index in [4.69, 9.17) is 9.47 Å². The first-order chi connectivity index (χ1) is 10.3. The van der Waals surface area contributed by atoms with Gasteiger partial charge in [-0.25, -0.2) is 0 Å². The van der Waals surface area contributed by atoms with E-state index in [0.717, 1.165) is 30.6 Å². The van der Waals surface area contributed by atoms with Crippen LogP contribution < -0.4 is 4.74 Å². The summed E-state index contributed by atoms with van der Waals surface area (Å²) in [4.78, 5) is 0. The highest BCUT2D eigenvalue weighted by Gasteiger charge is 2.19. The molecule has 0 aromatic heterocycles. The molecule has 2 fully saturated rings. The highest BCUT2D eigenvalue weighted by molar-refractivity contribution is 5.29. The van der Waals surface area contributed by atoms with Crippen molar-refractivity contribution in [3.05, 3.63) is 29.8 Å². The number of rotatable bonds is 4. The zero-order chi connectivity index (χ0) is 14.5. The Hall–Kier alpha value is -1.02. The summed E-state index contributed by atoms with van der Waals surface area (Å²) in [6, 6.07) is 8.79. The van der Waals surface area contributed by atoms with Gasteiger partial charge in [-0.05, 0) is 61.6 Å². The van der Waals surface area contributed by atoms with Crippen LogP contribution in [0.1, 0.15) is 63.4 Å². The molecule has 0 spiro atoms. The molecular weight excluding hydrogens is 260 g/mol. The molecule has 1 aromatic carbocycles. The van der Waals surface area contributed by atoms with Crippen molar-refractivity contribution in [1.82, 2.24) is 0 Å². The van der Waals surface area contributed by atoms with Crippen molar-refractivity contribution in [1.29, 1.82) is 0 Å². The molecule has 1 saturated heterocycles. The van der Waals surface area contributed by atoms with Gasteiger partial charge in [-0.3, -0.25) is 0 Å². The fourth-order valence-corrected chi connectivity index (χ4v) is 3.56. The van der Waals surface area contributed by atoms with E-state index >= 15 is 0 Å². The monoisotopic (exact) mass is 288 g/mol. The molecule has 1 saturated carbocycles. The lowest BCUT2D eigenvalue weighted by molar-refractivity contribution is -0.0110. The molecule has 21 heavy (non-hydrogen) atoms. The van der Waals surface area contributed by atoms with E-state index in [1.807, 2.05) is 0 Å². The van der Waals surface area contributed by atoms with Crippen LogP contribution in [0.15, 0.2) is 24.3 Å². The second-order valence-corrected chi connectivity index (χ2v) is 6.83. The Bertz CT molecular complexity index is 412. The minimum absolute atomic E-state index is 0.290. The van der Waals surface area contributed by atoms with Gasteiger partial charge in [-0.15, -0.1) is 0 Å². The maximum atomic E-state index is 5.88. The van der Waals surface area contributed by atoms with Gasteiger partial charge >= 0.3 is 0 Å². The second kappa shape index (κ2) is 7.31. The first-order valence-electron chi connectivity index (χ1n) is 8.65. The third-order valence-electron chi connectivity index (χ3n) is 5.08. The topological polar surface area (TPSA) is 18.5 Å². The Balaban J connectivity index is 1.49. The summed E-state index contributed by atoms with van der Waals surface area (Å²) in [6.07, 6.45) is 9.34. The largest absolute Gasteiger partial charge is 0.491 e. The van der Waals surface area contributed by atoms with Crippen molar-refractivity contribution in [3.8, 4) is 5.75 Å². The summed E-state index contributed by atoms with van der Waals surface area (Å²) < 4.78 is 11.6. The Morgan fingerprint density at radius 1 is 1.00 bits per heavy atom. The molecular formula is C19H28O2. The molecule has 116 valence electrons. The molecule has 0 bridgehead atoms. The van der Waals surface area contributed by atoms with Crippen LogP contribution in [0.3, 0.4) is 0 Å². The quantitative estimate of drug-likeness (QED) is 0.782. The summed E-state index contributed by atoms with van der Waals surface area (Å²) >= 11 is 0. The lowest BCUT2D eigenvalue weighted by atomic mass is 9.79. The van der Waals surface area contributed by atoms with Crippen molar-refractivity contribution < 1.29 is 9.47 Å². The molecule has 1 atom stereocenters. The van der Waals surface area contributed by atoms with Crippen molar-refractivity contribution in [2.75, 3.05) is 13.2 Å². The highest BCUT2D eigenvalue weighted by atomic mass is 16.5. The summed E-state index contributed by atoms with van der Waals surface area (Å²) in [6.45, 7) is 3.97. The molecule has 0 N–H and O–H groups in total. The van der Waals surface area contributed by atoms with Crippen molar-refractivity contribution in [3.63, 3.8) is 0 Å². The van der Waals surface area contributed by atoms with Gasteiger partial charge in [0.1, 0.15) is 12.4 Å².